The fraction of sp³-hybridized carbons (Fsp3) is 0.294. The van der Waals surface area contributed by atoms with Crippen LogP contribution in [0.4, 0.5) is 5.69 Å². The molecule has 0 radical (unpaired) electrons. The van der Waals surface area contributed by atoms with Crippen LogP contribution in [0.25, 0.3) is 22.1 Å². The molecule has 8 nitrogen and oxygen atoms in total. The lowest BCUT2D eigenvalue weighted by Crippen LogP contribution is -2.44. The van der Waals surface area contributed by atoms with Crippen LogP contribution in [0.15, 0.2) is 76.0 Å². The number of fused-ring (bicyclic) bond motifs is 1. The number of carbonyl (C=O) groups is 2. The van der Waals surface area contributed by atoms with Crippen LogP contribution in [0.3, 0.4) is 0 Å². The molecule has 0 unspecified atom stereocenters. The number of furan rings is 1. The summed E-state index contributed by atoms with van der Waals surface area (Å²) in [6.45, 7) is 9.56. The summed E-state index contributed by atoms with van der Waals surface area (Å²) in [4.78, 5) is 25.2. The molecular formula is C34H36N2O6S. The molecule has 0 fully saturated rings. The number of nitrogens with one attached hydrogen (secondary N) is 2. The summed E-state index contributed by atoms with van der Waals surface area (Å²) < 4.78 is 38.8. The Morgan fingerprint density at radius 1 is 0.930 bits per heavy atom. The first-order valence-corrected chi connectivity index (χ1v) is 15.5. The van der Waals surface area contributed by atoms with Crippen LogP contribution in [0.2, 0.25) is 0 Å². The van der Waals surface area contributed by atoms with Crippen LogP contribution < -0.4 is 10.0 Å². The summed E-state index contributed by atoms with van der Waals surface area (Å²) >= 11 is 0. The first kappa shape index (κ1) is 31.5. The highest BCUT2D eigenvalue weighted by Gasteiger charge is 2.29. The number of rotatable bonds is 9. The Kier molecular flexibility index (Phi) is 9.74. The Labute approximate surface area is 252 Å². The molecule has 43 heavy (non-hydrogen) atoms. The third-order valence-corrected chi connectivity index (χ3v) is 8.40. The number of benzene rings is 3. The van der Waals surface area contributed by atoms with Gasteiger partial charge < -0.3 is 14.5 Å². The van der Waals surface area contributed by atoms with Crippen molar-refractivity contribution < 1.29 is 27.2 Å². The van der Waals surface area contributed by atoms with Crippen molar-refractivity contribution >= 4 is 38.6 Å². The standard InChI is InChI=1S/C34H36N2O6S/c1-21(2)9-7-10-26-11-8-12-29-30(26)23(5)32(42-29)33(37)35-27-17-13-24(14-18-27)25-15-19-28(20-16-25)43(39,40)36-31(22(3)4)34(38)41-6/h8,11-22,31,36H,9H2,1-6H3,(H,35,37)/t31-/m0/s1. The normalized spacial score (nSPS) is 12.2. The van der Waals surface area contributed by atoms with Crippen LogP contribution in [0.1, 0.15) is 55.8 Å². The minimum absolute atomic E-state index is 0.0324. The van der Waals surface area contributed by atoms with E-state index in [1.165, 1.54) is 19.2 Å². The second kappa shape index (κ2) is 13.3. The molecule has 4 aromatic rings. The van der Waals surface area contributed by atoms with Crippen LogP contribution in [0, 0.1) is 30.6 Å². The van der Waals surface area contributed by atoms with E-state index in [1.54, 1.807) is 38.1 Å². The molecule has 0 aliphatic rings. The predicted molar refractivity (Wildman–Crippen MR) is 168 cm³/mol. The Morgan fingerprint density at radius 3 is 2.14 bits per heavy atom. The molecule has 0 aliphatic heterocycles. The number of esters is 1. The summed E-state index contributed by atoms with van der Waals surface area (Å²) in [7, 11) is -2.72. The zero-order valence-electron chi connectivity index (χ0n) is 25.1. The van der Waals surface area contributed by atoms with E-state index >= 15 is 0 Å². The van der Waals surface area contributed by atoms with E-state index in [2.05, 4.69) is 35.7 Å². The van der Waals surface area contributed by atoms with Gasteiger partial charge in [-0.15, -0.1) is 0 Å². The number of hydrogen-bond donors (Lipinski definition) is 2. The van der Waals surface area contributed by atoms with Crippen molar-refractivity contribution in [3.05, 3.63) is 83.6 Å². The van der Waals surface area contributed by atoms with Gasteiger partial charge in [-0.3, -0.25) is 9.59 Å². The van der Waals surface area contributed by atoms with Crippen molar-refractivity contribution in [1.29, 1.82) is 0 Å². The van der Waals surface area contributed by atoms with E-state index in [0.29, 0.717) is 17.2 Å². The summed E-state index contributed by atoms with van der Waals surface area (Å²) in [6, 6.07) is 18.2. The van der Waals surface area contributed by atoms with Crippen LogP contribution in [-0.4, -0.2) is 33.4 Å². The van der Waals surface area contributed by atoms with Gasteiger partial charge in [-0.05, 0) is 66.3 Å². The van der Waals surface area contributed by atoms with E-state index in [4.69, 9.17) is 9.15 Å². The van der Waals surface area contributed by atoms with E-state index in [9.17, 15) is 18.0 Å². The van der Waals surface area contributed by atoms with E-state index in [1.807, 2.05) is 37.3 Å². The van der Waals surface area contributed by atoms with Gasteiger partial charge in [0.15, 0.2) is 5.76 Å². The fourth-order valence-corrected chi connectivity index (χ4v) is 5.89. The van der Waals surface area contributed by atoms with Crippen molar-refractivity contribution in [2.75, 3.05) is 12.4 Å². The minimum Gasteiger partial charge on any atom is -0.468 e. The molecule has 224 valence electrons. The number of ether oxygens (including phenoxy) is 1. The second-order valence-electron chi connectivity index (χ2n) is 11.1. The largest absolute Gasteiger partial charge is 0.468 e. The average Bonchev–Trinajstić information content (AvgIpc) is 3.33. The van der Waals surface area contributed by atoms with Crippen LogP contribution in [-0.2, 0) is 19.6 Å². The number of carbonyl (C=O) groups excluding carboxylic acids is 2. The Hall–Kier alpha value is -4.39. The lowest BCUT2D eigenvalue weighted by atomic mass is 10.0. The summed E-state index contributed by atoms with van der Waals surface area (Å²) in [5.74, 6) is 5.83. The number of sulfonamides is 1. The minimum atomic E-state index is -3.94. The van der Waals surface area contributed by atoms with Gasteiger partial charge >= 0.3 is 5.97 Å². The van der Waals surface area contributed by atoms with Crippen molar-refractivity contribution in [3.63, 3.8) is 0 Å². The van der Waals surface area contributed by atoms with Gasteiger partial charge in [0.2, 0.25) is 10.0 Å². The maximum absolute atomic E-state index is 13.2. The summed E-state index contributed by atoms with van der Waals surface area (Å²) in [5, 5.41) is 3.73. The van der Waals surface area contributed by atoms with Gasteiger partial charge in [0.05, 0.1) is 12.0 Å². The first-order chi connectivity index (χ1) is 20.4. The molecule has 0 spiro atoms. The average molecular weight is 601 g/mol. The predicted octanol–water partition coefficient (Wildman–Crippen LogP) is 6.53. The zero-order chi connectivity index (χ0) is 31.3. The number of hydrogen-bond acceptors (Lipinski definition) is 6. The van der Waals surface area contributed by atoms with Gasteiger partial charge in [0.25, 0.3) is 5.91 Å². The maximum atomic E-state index is 13.2. The van der Waals surface area contributed by atoms with Gasteiger partial charge in [-0.2, -0.15) is 4.72 Å². The van der Waals surface area contributed by atoms with E-state index in [-0.39, 0.29) is 22.5 Å². The highest BCUT2D eigenvalue weighted by atomic mass is 32.2. The number of aryl methyl sites for hydroxylation is 1. The van der Waals surface area contributed by atoms with Gasteiger partial charge in [-0.1, -0.05) is 69.9 Å². The Morgan fingerprint density at radius 2 is 1.56 bits per heavy atom. The third-order valence-electron chi connectivity index (χ3n) is 6.94. The number of anilines is 1. The third kappa shape index (κ3) is 7.34. The molecule has 1 atom stereocenters. The van der Waals surface area contributed by atoms with Crippen LogP contribution >= 0.6 is 0 Å². The first-order valence-electron chi connectivity index (χ1n) is 14.0. The Bertz CT molecular complexity index is 1790. The molecule has 0 saturated carbocycles. The molecule has 0 saturated heterocycles. The molecule has 4 rings (SSSR count). The second-order valence-corrected chi connectivity index (χ2v) is 12.8. The van der Waals surface area contributed by atoms with Gasteiger partial charge in [0, 0.05) is 28.6 Å². The SMILES string of the molecule is COC(=O)[C@@H](NS(=O)(=O)c1ccc(-c2ccc(NC(=O)c3oc4cccc(C#CCC(C)C)c4c3C)cc2)cc1)C(C)C. The molecule has 1 heterocycles. The van der Waals surface area contributed by atoms with Crippen molar-refractivity contribution in [1.82, 2.24) is 4.72 Å². The van der Waals surface area contributed by atoms with E-state index in [0.717, 1.165) is 34.1 Å². The number of methoxy groups -OCH3 is 1. The smallest absolute Gasteiger partial charge is 0.324 e. The van der Waals surface area contributed by atoms with Crippen molar-refractivity contribution in [2.45, 2.75) is 52.0 Å². The van der Waals surface area contributed by atoms with Crippen LogP contribution in [0.5, 0.6) is 0 Å². The van der Waals surface area contributed by atoms with Gasteiger partial charge in [-0.25, -0.2) is 8.42 Å². The fourth-order valence-electron chi connectivity index (χ4n) is 4.55. The Balaban J connectivity index is 1.48. The van der Waals surface area contributed by atoms with Crippen molar-refractivity contribution in [3.8, 4) is 23.0 Å². The lowest BCUT2D eigenvalue weighted by molar-refractivity contribution is -0.143. The topological polar surface area (TPSA) is 115 Å². The van der Waals surface area contributed by atoms with E-state index < -0.39 is 22.0 Å². The molecule has 1 aromatic heterocycles. The quantitative estimate of drug-likeness (QED) is 0.167. The molecule has 1 amide bonds. The lowest BCUT2D eigenvalue weighted by Gasteiger charge is -2.19. The zero-order valence-corrected chi connectivity index (χ0v) is 26.0. The summed E-state index contributed by atoms with van der Waals surface area (Å²) in [5.41, 5.74) is 4.37. The molecule has 0 aliphatic carbocycles. The maximum Gasteiger partial charge on any atom is 0.324 e. The molecule has 0 bridgehead atoms. The molecule has 2 N–H and O–H groups in total. The molecule has 3 aromatic carbocycles. The molecular weight excluding hydrogens is 564 g/mol. The monoisotopic (exact) mass is 600 g/mol. The number of amides is 1. The van der Waals surface area contributed by atoms with Crippen molar-refractivity contribution in [2.24, 2.45) is 11.8 Å². The summed E-state index contributed by atoms with van der Waals surface area (Å²) in [6.07, 6.45) is 0.785. The highest BCUT2D eigenvalue weighted by Crippen LogP contribution is 2.29. The van der Waals surface area contributed by atoms with Gasteiger partial charge in [0.1, 0.15) is 11.6 Å². The highest BCUT2D eigenvalue weighted by molar-refractivity contribution is 7.89. The molecule has 9 heteroatoms.